The lowest BCUT2D eigenvalue weighted by molar-refractivity contribution is -0.137. The van der Waals surface area contributed by atoms with Crippen LogP contribution in [0.5, 0.6) is 0 Å². The van der Waals surface area contributed by atoms with E-state index in [1.54, 1.807) is 0 Å². The zero-order valence-corrected chi connectivity index (χ0v) is 15.9. The van der Waals surface area contributed by atoms with Gasteiger partial charge < -0.3 is 4.90 Å². The monoisotopic (exact) mass is 346 g/mol. The first-order valence-electron chi connectivity index (χ1n) is 9.55. The van der Waals surface area contributed by atoms with Crippen LogP contribution in [0.3, 0.4) is 0 Å². The van der Waals surface area contributed by atoms with Gasteiger partial charge in [-0.25, -0.2) is 0 Å². The number of amides is 1. The molecule has 1 saturated heterocycles. The fourth-order valence-corrected chi connectivity index (χ4v) is 6.16. The van der Waals surface area contributed by atoms with E-state index in [9.17, 15) is 4.79 Å². The van der Waals surface area contributed by atoms with Crippen LogP contribution in [-0.4, -0.2) is 42.9 Å². The number of hydrogen-bond acceptors (Lipinski definition) is 3. The average Bonchev–Trinajstić information content (AvgIpc) is 3.17. The molecular weight excluding hydrogens is 316 g/mol. The lowest BCUT2D eigenvalue weighted by Gasteiger charge is -2.48. The molecule has 3 nitrogen and oxygen atoms in total. The smallest absolute Gasteiger partial charge is 0.225 e. The Morgan fingerprint density at radius 2 is 1.96 bits per heavy atom. The molecule has 1 aliphatic heterocycles. The quantitative estimate of drug-likeness (QED) is 0.823. The number of rotatable bonds is 3. The molecule has 3 aliphatic rings. The van der Waals surface area contributed by atoms with Crippen LogP contribution in [0.25, 0.3) is 0 Å². The normalized spacial score (nSPS) is 34.0. The van der Waals surface area contributed by atoms with E-state index in [4.69, 9.17) is 0 Å². The van der Waals surface area contributed by atoms with Gasteiger partial charge in [0.1, 0.15) is 0 Å². The molecule has 4 heteroatoms. The highest BCUT2D eigenvalue weighted by Gasteiger charge is 2.49. The molecule has 0 bridgehead atoms. The van der Waals surface area contributed by atoms with Crippen molar-refractivity contribution < 1.29 is 4.79 Å². The highest BCUT2D eigenvalue weighted by molar-refractivity contribution is 7.10. The van der Waals surface area contributed by atoms with Crippen molar-refractivity contribution in [1.82, 2.24) is 9.80 Å². The van der Waals surface area contributed by atoms with Gasteiger partial charge >= 0.3 is 0 Å². The van der Waals surface area contributed by atoms with E-state index in [2.05, 4.69) is 41.4 Å². The van der Waals surface area contributed by atoms with E-state index in [1.807, 2.05) is 11.3 Å². The number of carbonyl (C=O) groups is 1. The molecule has 24 heavy (non-hydrogen) atoms. The van der Waals surface area contributed by atoms with E-state index in [0.717, 1.165) is 25.9 Å². The molecule has 1 aromatic heterocycles. The number of carbonyl (C=O) groups excluding carboxylic acids is 1. The molecular formula is C20H30N2OS. The van der Waals surface area contributed by atoms with Crippen molar-refractivity contribution in [2.75, 3.05) is 27.2 Å². The number of hydrogen-bond donors (Lipinski definition) is 0. The van der Waals surface area contributed by atoms with Crippen LogP contribution in [0.1, 0.15) is 56.2 Å². The predicted molar refractivity (Wildman–Crippen MR) is 99.1 cm³/mol. The summed E-state index contributed by atoms with van der Waals surface area (Å²) in [6.45, 7) is 2.03. The predicted octanol–water partition coefficient (Wildman–Crippen LogP) is 4.10. The van der Waals surface area contributed by atoms with Crippen LogP contribution in [-0.2, 0) is 10.3 Å². The second-order valence-electron chi connectivity index (χ2n) is 8.54. The lowest BCUT2D eigenvalue weighted by Crippen LogP contribution is -2.47. The van der Waals surface area contributed by atoms with Crippen LogP contribution in [0.2, 0.25) is 0 Å². The van der Waals surface area contributed by atoms with Gasteiger partial charge in [-0.1, -0.05) is 12.5 Å². The molecule has 2 heterocycles. The maximum absolute atomic E-state index is 12.6. The third-order valence-corrected chi connectivity index (χ3v) is 8.24. The molecule has 132 valence electrons. The Bertz CT molecular complexity index is 583. The Morgan fingerprint density at radius 3 is 2.50 bits per heavy atom. The van der Waals surface area contributed by atoms with Gasteiger partial charge in [-0.3, -0.25) is 9.69 Å². The standard InChI is InChI=1S/C20H30N2OS/c1-21(2)20(17-7-4-14-24-17)10-8-19(9-11-20)12-13-22(15-19)18(23)16-5-3-6-16/h4,7,14,16H,3,5-6,8-13,15H2,1-2H3. The van der Waals surface area contributed by atoms with E-state index >= 15 is 0 Å². The summed E-state index contributed by atoms with van der Waals surface area (Å²) in [6, 6.07) is 4.49. The van der Waals surface area contributed by atoms with Crippen molar-refractivity contribution in [3.63, 3.8) is 0 Å². The van der Waals surface area contributed by atoms with Crippen LogP contribution < -0.4 is 0 Å². The summed E-state index contributed by atoms with van der Waals surface area (Å²) in [5.41, 5.74) is 0.612. The number of nitrogens with zero attached hydrogens (tertiary/aromatic N) is 2. The third kappa shape index (κ3) is 2.62. The van der Waals surface area contributed by atoms with Crippen molar-refractivity contribution in [3.8, 4) is 0 Å². The molecule has 0 aromatic carbocycles. The summed E-state index contributed by atoms with van der Waals surface area (Å²) in [6.07, 6.45) is 9.71. The van der Waals surface area contributed by atoms with Crippen molar-refractivity contribution in [2.45, 2.75) is 56.9 Å². The molecule has 0 atom stereocenters. The summed E-state index contributed by atoms with van der Waals surface area (Å²) in [5.74, 6) is 0.816. The first-order valence-corrected chi connectivity index (χ1v) is 10.4. The number of thiophene rings is 1. The fraction of sp³-hybridized carbons (Fsp3) is 0.750. The van der Waals surface area contributed by atoms with Gasteiger partial charge in [0.15, 0.2) is 0 Å². The van der Waals surface area contributed by atoms with Crippen molar-refractivity contribution in [2.24, 2.45) is 11.3 Å². The largest absolute Gasteiger partial charge is 0.342 e. The maximum Gasteiger partial charge on any atom is 0.225 e. The van der Waals surface area contributed by atoms with E-state index in [-0.39, 0.29) is 5.54 Å². The van der Waals surface area contributed by atoms with Gasteiger partial charge in [0, 0.05) is 23.9 Å². The van der Waals surface area contributed by atoms with Crippen molar-refractivity contribution >= 4 is 17.2 Å². The SMILES string of the molecule is CN(C)C1(c2cccs2)CCC2(CCN(C(=O)C3CCC3)C2)CC1. The zero-order valence-electron chi connectivity index (χ0n) is 15.1. The van der Waals surface area contributed by atoms with Crippen molar-refractivity contribution in [1.29, 1.82) is 0 Å². The third-order valence-electron chi connectivity index (χ3n) is 7.18. The summed E-state index contributed by atoms with van der Waals surface area (Å²) in [7, 11) is 4.47. The van der Waals surface area contributed by atoms with Gasteiger partial charge in [0.2, 0.25) is 5.91 Å². The van der Waals surface area contributed by atoms with E-state index in [1.165, 1.54) is 43.4 Å². The Hall–Kier alpha value is -0.870. The van der Waals surface area contributed by atoms with Gasteiger partial charge in [0.05, 0.1) is 5.54 Å². The topological polar surface area (TPSA) is 23.6 Å². The van der Waals surface area contributed by atoms with Crippen LogP contribution in [0.15, 0.2) is 17.5 Å². The minimum atomic E-state index is 0.213. The Kier molecular flexibility index (Phi) is 4.24. The Balaban J connectivity index is 1.45. The second kappa shape index (κ2) is 6.14. The fourth-order valence-electron chi connectivity index (χ4n) is 5.10. The van der Waals surface area contributed by atoms with E-state index in [0.29, 0.717) is 17.2 Å². The van der Waals surface area contributed by atoms with Gasteiger partial charge in [0.25, 0.3) is 0 Å². The highest BCUT2D eigenvalue weighted by atomic mass is 32.1. The molecule has 0 radical (unpaired) electrons. The molecule has 0 N–H and O–H groups in total. The number of likely N-dealkylation sites (tertiary alicyclic amines) is 1. The van der Waals surface area contributed by atoms with Gasteiger partial charge in [-0.2, -0.15) is 0 Å². The highest BCUT2D eigenvalue weighted by Crippen LogP contribution is 2.52. The van der Waals surface area contributed by atoms with Gasteiger partial charge in [-0.15, -0.1) is 11.3 Å². The van der Waals surface area contributed by atoms with Crippen LogP contribution >= 0.6 is 11.3 Å². The summed E-state index contributed by atoms with van der Waals surface area (Å²) >= 11 is 1.90. The van der Waals surface area contributed by atoms with Crippen LogP contribution in [0, 0.1) is 11.3 Å². The molecule has 1 aromatic rings. The zero-order chi connectivity index (χ0) is 16.8. The minimum Gasteiger partial charge on any atom is -0.342 e. The van der Waals surface area contributed by atoms with E-state index < -0.39 is 0 Å². The first kappa shape index (κ1) is 16.6. The Morgan fingerprint density at radius 1 is 1.21 bits per heavy atom. The first-order chi connectivity index (χ1) is 11.5. The maximum atomic E-state index is 12.6. The van der Waals surface area contributed by atoms with Gasteiger partial charge in [-0.05, 0) is 75.9 Å². The molecule has 1 spiro atoms. The molecule has 1 amide bonds. The molecule has 2 saturated carbocycles. The summed E-state index contributed by atoms with van der Waals surface area (Å²) in [5, 5.41) is 2.21. The molecule has 0 unspecified atom stereocenters. The molecule has 3 fully saturated rings. The van der Waals surface area contributed by atoms with Crippen LogP contribution in [0.4, 0.5) is 0 Å². The lowest BCUT2D eigenvalue weighted by atomic mass is 9.66. The van der Waals surface area contributed by atoms with Crippen molar-refractivity contribution in [3.05, 3.63) is 22.4 Å². The summed E-state index contributed by atoms with van der Waals surface area (Å²) in [4.78, 5) is 18.8. The minimum absolute atomic E-state index is 0.213. The molecule has 2 aliphatic carbocycles. The average molecular weight is 347 g/mol. The Labute approximate surface area is 150 Å². The molecule has 4 rings (SSSR count). The second-order valence-corrected chi connectivity index (χ2v) is 9.49. The summed E-state index contributed by atoms with van der Waals surface area (Å²) < 4.78 is 0.